The standard InChI is InChI=1S/C10H11N3/c1-9-7-11-12-13(9)8-10-5-3-2-4-6-10/h2-7H,8H2,1H3. The van der Waals surface area contributed by atoms with Crippen LogP contribution in [0.5, 0.6) is 0 Å². The van der Waals surface area contributed by atoms with Crippen LogP contribution in [0.25, 0.3) is 0 Å². The van der Waals surface area contributed by atoms with Gasteiger partial charge in [0, 0.05) is 0 Å². The molecule has 0 atom stereocenters. The number of nitrogens with zero attached hydrogens (tertiary/aromatic N) is 3. The summed E-state index contributed by atoms with van der Waals surface area (Å²) in [6.07, 6.45) is 1.77. The zero-order valence-electron chi connectivity index (χ0n) is 7.51. The Bertz CT molecular complexity index is 378. The molecule has 1 aromatic carbocycles. The molecule has 2 rings (SSSR count). The van der Waals surface area contributed by atoms with Crippen molar-refractivity contribution in [2.75, 3.05) is 0 Å². The Kier molecular flexibility index (Phi) is 2.08. The Morgan fingerprint density at radius 2 is 2.00 bits per heavy atom. The van der Waals surface area contributed by atoms with Gasteiger partial charge in [0.05, 0.1) is 18.4 Å². The topological polar surface area (TPSA) is 30.7 Å². The van der Waals surface area contributed by atoms with E-state index in [0.29, 0.717) is 0 Å². The number of aryl methyl sites for hydroxylation is 1. The van der Waals surface area contributed by atoms with Crippen molar-refractivity contribution in [3.05, 3.63) is 47.8 Å². The fourth-order valence-electron chi connectivity index (χ4n) is 1.22. The van der Waals surface area contributed by atoms with Gasteiger partial charge in [-0.05, 0) is 12.5 Å². The van der Waals surface area contributed by atoms with Crippen LogP contribution in [0.4, 0.5) is 0 Å². The van der Waals surface area contributed by atoms with Gasteiger partial charge < -0.3 is 0 Å². The zero-order valence-corrected chi connectivity index (χ0v) is 7.51. The maximum absolute atomic E-state index is 3.98. The Hall–Kier alpha value is -1.64. The second-order valence-electron chi connectivity index (χ2n) is 3.02. The molecular formula is C10H11N3. The quantitative estimate of drug-likeness (QED) is 0.691. The number of aromatic nitrogens is 3. The molecule has 13 heavy (non-hydrogen) atoms. The van der Waals surface area contributed by atoms with E-state index in [4.69, 9.17) is 0 Å². The summed E-state index contributed by atoms with van der Waals surface area (Å²) in [5, 5.41) is 7.81. The predicted molar refractivity (Wildman–Crippen MR) is 50.3 cm³/mol. The van der Waals surface area contributed by atoms with Gasteiger partial charge in [0.25, 0.3) is 0 Å². The van der Waals surface area contributed by atoms with Crippen molar-refractivity contribution in [2.24, 2.45) is 0 Å². The third-order valence-corrected chi connectivity index (χ3v) is 1.99. The fraction of sp³-hybridized carbons (Fsp3) is 0.200. The number of hydrogen-bond acceptors (Lipinski definition) is 2. The van der Waals surface area contributed by atoms with Crippen molar-refractivity contribution in [3.63, 3.8) is 0 Å². The van der Waals surface area contributed by atoms with Crippen LogP contribution < -0.4 is 0 Å². The van der Waals surface area contributed by atoms with E-state index in [2.05, 4.69) is 22.4 Å². The average molecular weight is 173 g/mol. The summed E-state index contributed by atoms with van der Waals surface area (Å²) in [6, 6.07) is 10.2. The van der Waals surface area contributed by atoms with Crippen LogP contribution in [0.15, 0.2) is 36.5 Å². The monoisotopic (exact) mass is 173 g/mol. The highest BCUT2D eigenvalue weighted by Gasteiger charge is 1.98. The highest BCUT2D eigenvalue weighted by atomic mass is 15.4. The zero-order chi connectivity index (χ0) is 9.10. The average Bonchev–Trinajstić information content (AvgIpc) is 2.54. The lowest BCUT2D eigenvalue weighted by Gasteiger charge is -2.01. The van der Waals surface area contributed by atoms with Gasteiger partial charge in [0.15, 0.2) is 0 Å². The van der Waals surface area contributed by atoms with Gasteiger partial charge in [-0.2, -0.15) is 0 Å². The van der Waals surface area contributed by atoms with E-state index < -0.39 is 0 Å². The van der Waals surface area contributed by atoms with Crippen LogP contribution in [0, 0.1) is 6.92 Å². The first-order valence-corrected chi connectivity index (χ1v) is 4.25. The first-order valence-electron chi connectivity index (χ1n) is 4.25. The summed E-state index contributed by atoms with van der Waals surface area (Å²) in [7, 11) is 0. The van der Waals surface area contributed by atoms with E-state index >= 15 is 0 Å². The summed E-state index contributed by atoms with van der Waals surface area (Å²) in [5.74, 6) is 0. The largest absolute Gasteiger partial charge is 0.245 e. The predicted octanol–water partition coefficient (Wildman–Crippen LogP) is 1.63. The van der Waals surface area contributed by atoms with Gasteiger partial charge in [-0.1, -0.05) is 35.5 Å². The molecule has 3 nitrogen and oxygen atoms in total. The van der Waals surface area contributed by atoms with E-state index in [9.17, 15) is 0 Å². The summed E-state index contributed by atoms with van der Waals surface area (Å²) < 4.78 is 1.88. The van der Waals surface area contributed by atoms with Crippen LogP contribution in [-0.4, -0.2) is 15.0 Å². The molecule has 0 aliphatic rings. The molecule has 0 fully saturated rings. The van der Waals surface area contributed by atoms with Crippen molar-refractivity contribution in [1.29, 1.82) is 0 Å². The van der Waals surface area contributed by atoms with E-state index in [0.717, 1.165) is 12.2 Å². The number of benzene rings is 1. The highest BCUT2D eigenvalue weighted by molar-refractivity contribution is 5.15. The van der Waals surface area contributed by atoms with E-state index in [1.807, 2.05) is 29.8 Å². The van der Waals surface area contributed by atoms with E-state index in [1.165, 1.54) is 5.56 Å². The lowest BCUT2D eigenvalue weighted by molar-refractivity contribution is 0.633. The maximum Gasteiger partial charge on any atom is 0.0722 e. The van der Waals surface area contributed by atoms with Crippen molar-refractivity contribution in [1.82, 2.24) is 15.0 Å². The minimum Gasteiger partial charge on any atom is -0.245 e. The molecule has 0 saturated heterocycles. The van der Waals surface area contributed by atoms with E-state index in [-0.39, 0.29) is 0 Å². The SMILES string of the molecule is Cc1cnnn1Cc1ccccc1. The number of hydrogen-bond donors (Lipinski definition) is 0. The van der Waals surface area contributed by atoms with Crippen LogP contribution in [0.3, 0.4) is 0 Å². The second-order valence-corrected chi connectivity index (χ2v) is 3.02. The Labute approximate surface area is 77.0 Å². The molecule has 0 aliphatic heterocycles. The van der Waals surface area contributed by atoms with Gasteiger partial charge in [0.2, 0.25) is 0 Å². The van der Waals surface area contributed by atoms with Crippen LogP contribution in [0.2, 0.25) is 0 Å². The van der Waals surface area contributed by atoms with Gasteiger partial charge >= 0.3 is 0 Å². The molecule has 2 aromatic rings. The molecule has 0 N–H and O–H groups in total. The van der Waals surface area contributed by atoms with Crippen LogP contribution in [-0.2, 0) is 6.54 Å². The normalized spacial score (nSPS) is 10.2. The van der Waals surface area contributed by atoms with Gasteiger partial charge in [-0.25, -0.2) is 4.68 Å². The molecule has 3 heteroatoms. The molecule has 66 valence electrons. The molecule has 1 aromatic heterocycles. The summed E-state index contributed by atoms with van der Waals surface area (Å²) in [6.45, 7) is 2.80. The Morgan fingerprint density at radius 1 is 1.23 bits per heavy atom. The third kappa shape index (κ3) is 1.75. The minimum absolute atomic E-state index is 0.798. The van der Waals surface area contributed by atoms with Crippen molar-refractivity contribution in [3.8, 4) is 0 Å². The summed E-state index contributed by atoms with van der Waals surface area (Å²) in [4.78, 5) is 0. The number of rotatable bonds is 2. The molecule has 0 aliphatic carbocycles. The molecule has 0 spiro atoms. The molecule has 0 unspecified atom stereocenters. The molecule has 0 saturated carbocycles. The maximum atomic E-state index is 3.98. The van der Waals surface area contributed by atoms with Crippen molar-refractivity contribution >= 4 is 0 Å². The molecule has 1 heterocycles. The van der Waals surface area contributed by atoms with Gasteiger partial charge in [-0.3, -0.25) is 0 Å². The molecule has 0 amide bonds. The lowest BCUT2D eigenvalue weighted by Crippen LogP contribution is -2.03. The van der Waals surface area contributed by atoms with Crippen LogP contribution >= 0.6 is 0 Å². The van der Waals surface area contributed by atoms with E-state index in [1.54, 1.807) is 6.20 Å². The highest BCUT2D eigenvalue weighted by Crippen LogP contribution is 2.02. The minimum atomic E-state index is 0.798. The lowest BCUT2D eigenvalue weighted by atomic mass is 10.2. The third-order valence-electron chi connectivity index (χ3n) is 1.99. The second kappa shape index (κ2) is 3.39. The fourth-order valence-corrected chi connectivity index (χ4v) is 1.22. The Balaban J connectivity index is 2.20. The summed E-state index contributed by atoms with van der Waals surface area (Å²) >= 11 is 0. The molecular weight excluding hydrogens is 162 g/mol. The molecule has 0 bridgehead atoms. The van der Waals surface area contributed by atoms with Gasteiger partial charge in [-0.15, -0.1) is 5.10 Å². The van der Waals surface area contributed by atoms with Crippen molar-refractivity contribution in [2.45, 2.75) is 13.5 Å². The smallest absolute Gasteiger partial charge is 0.0722 e. The first kappa shape index (κ1) is 7.98. The molecule has 0 radical (unpaired) electrons. The Morgan fingerprint density at radius 3 is 2.62 bits per heavy atom. The summed E-state index contributed by atoms with van der Waals surface area (Å²) in [5.41, 5.74) is 2.33. The van der Waals surface area contributed by atoms with Crippen molar-refractivity contribution < 1.29 is 0 Å². The van der Waals surface area contributed by atoms with Gasteiger partial charge in [0.1, 0.15) is 0 Å². The first-order chi connectivity index (χ1) is 6.36. The van der Waals surface area contributed by atoms with Crippen LogP contribution in [0.1, 0.15) is 11.3 Å².